The molecule has 0 spiro atoms. The summed E-state index contributed by atoms with van der Waals surface area (Å²) in [6.07, 6.45) is 2.34. The molecule has 0 N–H and O–H groups in total. The lowest BCUT2D eigenvalue weighted by Gasteiger charge is -1.95. The zero-order valence-electron chi connectivity index (χ0n) is 5.72. The van der Waals surface area contributed by atoms with E-state index < -0.39 is 0 Å². The van der Waals surface area contributed by atoms with Crippen molar-refractivity contribution in [3.8, 4) is 0 Å². The minimum Gasteiger partial charge on any atom is -0.360 e. The first-order valence-corrected chi connectivity index (χ1v) is 4.13. The number of hydrogen-bond donors (Lipinski definition) is 0. The van der Waals surface area contributed by atoms with Gasteiger partial charge in [0, 0.05) is 6.07 Å². The highest BCUT2D eigenvalue weighted by molar-refractivity contribution is 9.09. The van der Waals surface area contributed by atoms with Gasteiger partial charge in [-0.15, -0.1) is 0 Å². The van der Waals surface area contributed by atoms with Gasteiger partial charge in [0.15, 0.2) is 5.76 Å². The molecule has 54 valence electrons. The van der Waals surface area contributed by atoms with Crippen LogP contribution < -0.4 is 0 Å². The molecule has 0 aromatic carbocycles. The lowest BCUT2D eigenvalue weighted by molar-refractivity contribution is 0.376. The third-order valence-corrected chi connectivity index (χ3v) is 2.94. The quantitative estimate of drug-likeness (QED) is 0.653. The Morgan fingerprint density at radius 1 is 1.70 bits per heavy atom. The van der Waals surface area contributed by atoms with Gasteiger partial charge < -0.3 is 4.52 Å². The second-order valence-electron chi connectivity index (χ2n) is 2.80. The van der Waals surface area contributed by atoms with E-state index in [0.717, 1.165) is 11.5 Å². The van der Waals surface area contributed by atoms with Crippen molar-refractivity contribution >= 4 is 15.9 Å². The molecule has 1 aliphatic rings. The fourth-order valence-corrected chi connectivity index (χ4v) is 1.32. The Hall–Kier alpha value is -0.310. The summed E-state index contributed by atoms with van der Waals surface area (Å²) >= 11 is 3.58. The van der Waals surface area contributed by atoms with Crippen molar-refractivity contribution in [3.63, 3.8) is 0 Å². The number of rotatable bonds is 1. The SMILES string of the molecule is Cc1cc(C2(Br)CC2)on1. The highest BCUT2D eigenvalue weighted by Crippen LogP contribution is 2.53. The van der Waals surface area contributed by atoms with Crippen LogP contribution >= 0.6 is 15.9 Å². The van der Waals surface area contributed by atoms with Gasteiger partial charge in [0.2, 0.25) is 0 Å². The number of hydrogen-bond acceptors (Lipinski definition) is 2. The first-order valence-electron chi connectivity index (χ1n) is 3.33. The van der Waals surface area contributed by atoms with Crippen molar-refractivity contribution in [1.29, 1.82) is 0 Å². The van der Waals surface area contributed by atoms with Crippen LogP contribution in [0.15, 0.2) is 10.6 Å². The second kappa shape index (κ2) is 1.84. The predicted octanol–water partition coefficient (Wildman–Crippen LogP) is 2.37. The minimum atomic E-state index is 0.147. The van der Waals surface area contributed by atoms with Crippen molar-refractivity contribution in [1.82, 2.24) is 5.16 Å². The van der Waals surface area contributed by atoms with E-state index >= 15 is 0 Å². The molecule has 10 heavy (non-hydrogen) atoms. The summed E-state index contributed by atoms with van der Waals surface area (Å²) in [5.74, 6) is 0.977. The molecule has 0 aliphatic heterocycles. The van der Waals surface area contributed by atoms with E-state index in [1.165, 1.54) is 12.8 Å². The molecule has 2 rings (SSSR count). The lowest BCUT2D eigenvalue weighted by Crippen LogP contribution is -1.90. The van der Waals surface area contributed by atoms with Gasteiger partial charge in [-0.2, -0.15) is 0 Å². The predicted molar refractivity (Wildman–Crippen MR) is 41.1 cm³/mol. The molecule has 0 radical (unpaired) electrons. The van der Waals surface area contributed by atoms with Crippen LogP contribution in [0, 0.1) is 6.92 Å². The Labute approximate surface area is 67.7 Å². The molecule has 3 heteroatoms. The zero-order chi connectivity index (χ0) is 7.19. The maximum absolute atomic E-state index is 5.09. The zero-order valence-corrected chi connectivity index (χ0v) is 7.31. The number of aromatic nitrogens is 1. The van der Waals surface area contributed by atoms with E-state index in [9.17, 15) is 0 Å². The summed E-state index contributed by atoms with van der Waals surface area (Å²) in [6, 6.07) is 1.99. The van der Waals surface area contributed by atoms with Gasteiger partial charge >= 0.3 is 0 Å². The summed E-state index contributed by atoms with van der Waals surface area (Å²) in [7, 11) is 0. The van der Waals surface area contributed by atoms with Crippen molar-refractivity contribution < 1.29 is 4.52 Å². The fourth-order valence-electron chi connectivity index (χ4n) is 0.931. The molecule has 1 aliphatic carbocycles. The fraction of sp³-hybridized carbons (Fsp3) is 0.571. The first-order chi connectivity index (χ1) is 4.71. The van der Waals surface area contributed by atoms with E-state index in [4.69, 9.17) is 4.52 Å². The van der Waals surface area contributed by atoms with Crippen LogP contribution in [0.2, 0.25) is 0 Å². The molecule has 1 fully saturated rings. The minimum absolute atomic E-state index is 0.147. The first kappa shape index (κ1) is 6.40. The normalized spacial score (nSPS) is 21.0. The molecular formula is C7H8BrNO. The summed E-state index contributed by atoms with van der Waals surface area (Å²) in [6.45, 7) is 1.94. The van der Waals surface area contributed by atoms with Gasteiger partial charge in [0.1, 0.15) is 0 Å². The topological polar surface area (TPSA) is 26.0 Å². The Bertz CT molecular complexity index is 252. The van der Waals surface area contributed by atoms with Gasteiger partial charge in [-0.1, -0.05) is 21.1 Å². The van der Waals surface area contributed by atoms with Gasteiger partial charge in [0.25, 0.3) is 0 Å². The standard InChI is InChI=1S/C7H8BrNO/c1-5-4-6(10-9-5)7(8)2-3-7/h4H,2-3H2,1H3. The Balaban J connectivity index is 2.34. The Morgan fingerprint density at radius 3 is 2.80 bits per heavy atom. The van der Waals surface area contributed by atoms with E-state index in [1.807, 2.05) is 13.0 Å². The smallest absolute Gasteiger partial charge is 0.153 e. The average Bonchev–Trinajstić information content (AvgIpc) is 2.45. The third kappa shape index (κ3) is 0.888. The van der Waals surface area contributed by atoms with Crippen molar-refractivity contribution in [2.75, 3.05) is 0 Å². The molecule has 1 aromatic rings. The van der Waals surface area contributed by atoms with Gasteiger partial charge in [-0.05, 0) is 19.8 Å². The van der Waals surface area contributed by atoms with Gasteiger partial charge in [-0.25, -0.2) is 0 Å². The van der Waals surface area contributed by atoms with Crippen molar-refractivity contribution in [2.45, 2.75) is 24.1 Å². The van der Waals surface area contributed by atoms with Crippen LogP contribution in [0.4, 0.5) is 0 Å². The average molecular weight is 202 g/mol. The highest BCUT2D eigenvalue weighted by Gasteiger charge is 2.45. The summed E-state index contributed by atoms with van der Waals surface area (Å²) in [4.78, 5) is 0. The van der Waals surface area contributed by atoms with E-state index in [0.29, 0.717) is 0 Å². The van der Waals surface area contributed by atoms with Crippen LogP contribution in [0.25, 0.3) is 0 Å². The van der Waals surface area contributed by atoms with Crippen LogP contribution in [0.3, 0.4) is 0 Å². The monoisotopic (exact) mass is 201 g/mol. The van der Waals surface area contributed by atoms with Gasteiger partial charge in [0.05, 0.1) is 10.0 Å². The Morgan fingerprint density at radius 2 is 2.40 bits per heavy atom. The molecule has 0 unspecified atom stereocenters. The Kier molecular flexibility index (Phi) is 1.18. The number of aryl methyl sites for hydroxylation is 1. The summed E-state index contributed by atoms with van der Waals surface area (Å²) in [5, 5.41) is 3.82. The summed E-state index contributed by atoms with van der Waals surface area (Å²) in [5.41, 5.74) is 0.959. The van der Waals surface area contributed by atoms with Crippen LogP contribution in [0.1, 0.15) is 24.3 Å². The molecule has 1 saturated carbocycles. The largest absolute Gasteiger partial charge is 0.360 e. The molecule has 1 heterocycles. The van der Waals surface area contributed by atoms with E-state index in [2.05, 4.69) is 21.1 Å². The molecule has 0 saturated heterocycles. The molecule has 0 bridgehead atoms. The van der Waals surface area contributed by atoms with Crippen molar-refractivity contribution in [3.05, 3.63) is 17.5 Å². The molecule has 2 nitrogen and oxygen atoms in total. The highest BCUT2D eigenvalue weighted by atomic mass is 79.9. The van der Waals surface area contributed by atoms with Gasteiger partial charge in [-0.3, -0.25) is 0 Å². The molecule has 0 amide bonds. The maximum atomic E-state index is 5.09. The van der Waals surface area contributed by atoms with Crippen LogP contribution in [-0.2, 0) is 4.32 Å². The second-order valence-corrected chi connectivity index (χ2v) is 4.32. The molecular weight excluding hydrogens is 194 g/mol. The van der Waals surface area contributed by atoms with E-state index in [-0.39, 0.29) is 4.32 Å². The molecule has 0 atom stereocenters. The number of nitrogens with zero attached hydrogens (tertiary/aromatic N) is 1. The molecule has 1 aromatic heterocycles. The third-order valence-electron chi connectivity index (χ3n) is 1.76. The summed E-state index contributed by atoms with van der Waals surface area (Å²) < 4.78 is 5.24. The number of halogens is 1. The van der Waals surface area contributed by atoms with Crippen LogP contribution in [0.5, 0.6) is 0 Å². The maximum Gasteiger partial charge on any atom is 0.153 e. The number of alkyl halides is 1. The lowest BCUT2D eigenvalue weighted by atomic mass is 10.3. The van der Waals surface area contributed by atoms with E-state index in [1.54, 1.807) is 0 Å². The van der Waals surface area contributed by atoms with Crippen molar-refractivity contribution in [2.24, 2.45) is 0 Å². The van der Waals surface area contributed by atoms with Crippen LogP contribution in [-0.4, -0.2) is 5.16 Å².